The Bertz CT molecular complexity index is 726. The summed E-state index contributed by atoms with van der Waals surface area (Å²) in [6, 6.07) is 13.4. The molecule has 1 fully saturated rings. The van der Waals surface area contributed by atoms with Gasteiger partial charge in [0.2, 0.25) is 0 Å². The van der Waals surface area contributed by atoms with Crippen molar-refractivity contribution in [2.24, 2.45) is 5.92 Å². The fourth-order valence-electron chi connectivity index (χ4n) is 2.87. The lowest BCUT2D eigenvalue weighted by molar-refractivity contribution is 0.0975. The molecule has 0 aromatic heterocycles. The van der Waals surface area contributed by atoms with E-state index < -0.39 is 0 Å². The number of amides is 1. The van der Waals surface area contributed by atoms with E-state index in [4.69, 9.17) is 23.2 Å². The van der Waals surface area contributed by atoms with Gasteiger partial charge in [-0.15, -0.1) is 0 Å². The van der Waals surface area contributed by atoms with E-state index in [-0.39, 0.29) is 11.9 Å². The molecule has 0 radical (unpaired) electrons. The molecule has 0 spiro atoms. The van der Waals surface area contributed by atoms with Crippen molar-refractivity contribution < 1.29 is 4.79 Å². The minimum Gasteiger partial charge on any atom is -0.305 e. The van der Waals surface area contributed by atoms with Crippen molar-refractivity contribution >= 4 is 34.8 Å². The minimum absolute atomic E-state index is 0.0691. The van der Waals surface area contributed by atoms with Crippen LogP contribution in [-0.2, 0) is 0 Å². The second-order valence-corrected chi connectivity index (χ2v) is 6.98. The summed E-state index contributed by atoms with van der Waals surface area (Å²) in [6.07, 6.45) is 2.34. The maximum atomic E-state index is 13.2. The van der Waals surface area contributed by atoms with E-state index in [2.05, 4.69) is 6.92 Å². The van der Waals surface area contributed by atoms with Gasteiger partial charge in [0, 0.05) is 16.8 Å². The molecule has 120 valence electrons. The van der Waals surface area contributed by atoms with Gasteiger partial charge in [-0.3, -0.25) is 4.79 Å². The maximum Gasteiger partial charge on any atom is 0.260 e. The fourth-order valence-corrected chi connectivity index (χ4v) is 3.33. The van der Waals surface area contributed by atoms with Gasteiger partial charge >= 0.3 is 0 Å². The third-order valence-corrected chi connectivity index (χ3v) is 5.16. The van der Waals surface area contributed by atoms with Crippen molar-refractivity contribution in [1.82, 2.24) is 0 Å². The molecule has 1 amide bonds. The van der Waals surface area contributed by atoms with E-state index in [9.17, 15) is 4.79 Å². The second-order valence-electron chi connectivity index (χ2n) is 6.17. The number of carbonyl (C=O) groups is 1. The molecule has 1 atom stereocenters. The molecule has 1 saturated carbocycles. The highest BCUT2D eigenvalue weighted by Crippen LogP contribution is 2.38. The van der Waals surface area contributed by atoms with Gasteiger partial charge in [0.15, 0.2) is 0 Å². The third-order valence-electron chi connectivity index (χ3n) is 4.44. The summed E-state index contributed by atoms with van der Waals surface area (Å²) >= 11 is 12.4. The SMILES string of the molecule is Cc1cc(C(=O)N(c2ccccc2)C(C)C2CC2)c(Cl)cc1Cl. The zero-order valence-electron chi connectivity index (χ0n) is 13.2. The van der Waals surface area contributed by atoms with E-state index in [1.165, 1.54) is 12.8 Å². The van der Waals surface area contributed by atoms with Crippen LogP contribution in [-0.4, -0.2) is 11.9 Å². The van der Waals surface area contributed by atoms with Crippen molar-refractivity contribution in [3.8, 4) is 0 Å². The van der Waals surface area contributed by atoms with Gasteiger partial charge < -0.3 is 4.90 Å². The number of halogens is 2. The smallest absolute Gasteiger partial charge is 0.260 e. The standard InChI is InChI=1S/C19H19Cl2NO/c1-12-10-16(18(21)11-17(12)20)19(23)22(13(2)14-8-9-14)15-6-4-3-5-7-15/h3-7,10-11,13-14H,8-9H2,1-2H3. The highest BCUT2D eigenvalue weighted by molar-refractivity contribution is 6.37. The molecule has 2 aromatic carbocycles. The van der Waals surface area contributed by atoms with Crippen molar-refractivity contribution in [3.05, 3.63) is 63.6 Å². The van der Waals surface area contributed by atoms with Crippen molar-refractivity contribution in [1.29, 1.82) is 0 Å². The van der Waals surface area contributed by atoms with Crippen LogP contribution in [0.4, 0.5) is 5.69 Å². The molecule has 3 rings (SSSR count). The number of nitrogens with zero attached hydrogens (tertiary/aromatic N) is 1. The van der Waals surface area contributed by atoms with E-state index in [0.717, 1.165) is 11.3 Å². The van der Waals surface area contributed by atoms with Crippen LogP contribution in [0.5, 0.6) is 0 Å². The first-order valence-corrected chi connectivity index (χ1v) is 8.59. The summed E-state index contributed by atoms with van der Waals surface area (Å²) in [5.41, 5.74) is 2.26. The van der Waals surface area contributed by atoms with Crippen LogP contribution in [0.3, 0.4) is 0 Å². The van der Waals surface area contributed by atoms with Gasteiger partial charge in [-0.05, 0) is 62.4 Å². The molecule has 2 aromatic rings. The maximum absolute atomic E-state index is 13.2. The molecular formula is C19H19Cl2NO. The molecular weight excluding hydrogens is 329 g/mol. The number of para-hydroxylation sites is 1. The fraction of sp³-hybridized carbons (Fsp3) is 0.316. The minimum atomic E-state index is -0.0691. The van der Waals surface area contributed by atoms with Crippen LogP contribution in [0.2, 0.25) is 10.0 Å². The summed E-state index contributed by atoms with van der Waals surface area (Å²) in [4.78, 5) is 15.1. The molecule has 0 saturated heterocycles. The van der Waals surface area contributed by atoms with Crippen LogP contribution < -0.4 is 4.90 Å². The Morgan fingerprint density at radius 3 is 2.39 bits per heavy atom. The molecule has 1 aliphatic carbocycles. The first-order chi connectivity index (χ1) is 11.0. The number of carbonyl (C=O) groups excluding carboxylic acids is 1. The zero-order valence-corrected chi connectivity index (χ0v) is 14.7. The summed E-state index contributed by atoms with van der Waals surface area (Å²) < 4.78 is 0. The Hall–Kier alpha value is -1.51. The Kier molecular flexibility index (Phi) is 4.65. The number of hydrogen-bond donors (Lipinski definition) is 0. The van der Waals surface area contributed by atoms with Gasteiger partial charge in [-0.2, -0.15) is 0 Å². The van der Waals surface area contributed by atoms with Crippen LogP contribution in [0.1, 0.15) is 35.7 Å². The highest BCUT2D eigenvalue weighted by atomic mass is 35.5. The summed E-state index contributed by atoms with van der Waals surface area (Å²) in [6.45, 7) is 3.99. The summed E-state index contributed by atoms with van der Waals surface area (Å²) in [5, 5.41) is 0.975. The predicted octanol–water partition coefficient (Wildman–Crippen LogP) is 5.75. The topological polar surface area (TPSA) is 20.3 Å². The third kappa shape index (κ3) is 3.39. The lowest BCUT2D eigenvalue weighted by atomic mass is 10.1. The quantitative estimate of drug-likeness (QED) is 0.689. The van der Waals surface area contributed by atoms with Crippen LogP contribution in [0.15, 0.2) is 42.5 Å². The molecule has 0 N–H and O–H groups in total. The molecule has 0 bridgehead atoms. The predicted molar refractivity (Wildman–Crippen MR) is 96.6 cm³/mol. The van der Waals surface area contributed by atoms with E-state index in [1.807, 2.05) is 42.2 Å². The Labute approximate surface area is 147 Å². The van der Waals surface area contributed by atoms with Crippen LogP contribution in [0.25, 0.3) is 0 Å². The number of benzene rings is 2. The number of hydrogen-bond acceptors (Lipinski definition) is 1. The van der Waals surface area contributed by atoms with E-state index in [0.29, 0.717) is 21.5 Å². The number of anilines is 1. The molecule has 1 unspecified atom stereocenters. The monoisotopic (exact) mass is 347 g/mol. The molecule has 0 aliphatic heterocycles. The second kappa shape index (κ2) is 6.54. The Morgan fingerprint density at radius 2 is 1.78 bits per heavy atom. The lowest BCUT2D eigenvalue weighted by Crippen LogP contribution is -2.40. The highest BCUT2D eigenvalue weighted by Gasteiger charge is 2.36. The number of rotatable bonds is 4. The zero-order chi connectivity index (χ0) is 16.6. The average molecular weight is 348 g/mol. The van der Waals surface area contributed by atoms with Gasteiger partial charge in [0.05, 0.1) is 10.6 Å². The van der Waals surface area contributed by atoms with E-state index in [1.54, 1.807) is 12.1 Å². The molecule has 2 nitrogen and oxygen atoms in total. The van der Waals surface area contributed by atoms with Gasteiger partial charge in [-0.25, -0.2) is 0 Å². The molecule has 23 heavy (non-hydrogen) atoms. The molecule has 1 aliphatic rings. The summed E-state index contributed by atoms with van der Waals surface area (Å²) in [5.74, 6) is 0.492. The normalized spacial score (nSPS) is 15.3. The van der Waals surface area contributed by atoms with E-state index >= 15 is 0 Å². The van der Waals surface area contributed by atoms with Gasteiger partial charge in [0.25, 0.3) is 5.91 Å². The van der Waals surface area contributed by atoms with Crippen LogP contribution >= 0.6 is 23.2 Å². The summed E-state index contributed by atoms with van der Waals surface area (Å²) in [7, 11) is 0. The van der Waals surface area contributed by atoms with Crippen molar-refractivity contribution in [2.75, 3.05) is 4.90 Å². The first-order valence-electron chi connectivity index (χ1n) is 7.83. The van der Waals surface area contributed by atoms with Gasteiger partial charge in [0.1, 0.15) is 0 Å². The molecule has 0 heterocycles. The van der Waals surface area contributed by atoms with Crippen molar-refractivity contribution in [3.63, 3.8) is 0 Å². The largest absolute Gasteiger partial charge is 0.305 e. The van der Waals surface area contributed by atoms with Crippen LogP contribution in [0, 0.1) is 12.8 Å². The first kappa shape index (κ1) is 16.4. The van der Waals surface area contributed by atoms with Gasteiger partial charge in [-0.1, -0.05) is 41.4 Å². The van der Waals surface area contributed by atoms with Crippen molar-refractivity contribution in [2.45, 2.75) is 32.7 Å². The average Bonchev–Trinajstić information content (AvgIpc) is 3.37. The Morgan fingerprint density at radius 1 is 1.13 bits per heavy atom. The lowest BCUT2D eigenvalue weighted by Gasteiger charge is -2.30. The molecule has 4 heteroatoms. The number of aryl methyl sites for hydroxylation is 1. The Balaban J connectivity index is 2.03.